The fourth-order valence-corrected chi connectivity index (χ4v) is 1.79. The van der Waals surface area contributed by atoms with Crippen molar-refractivity contribution in [1.82, 2.24) is 19.9 Å². The van der Waals surface area contributed by atoms with Crippen LogP contribution in [0.3, 0.4) is 0 Å². The van der Waals surface area contributed by atoms with Crippen molar-refractivity contribution in [3.8, 4) is 0 Å². The molecule has 0 aromatic carbocycles. The predicted octanol–water partition coefficient (Wildman–Crippen LogP) is 1.88. The molecule has 0 saturated carbocycles. The van der Waals surface area contributed by atoms with E-state index in [1.807, 2.05) is 37.0 Å². The molecular formula is C12H13N5O. The van der Waals surface area contributed by atoms with Gasteiger partial charge in [0.15, 0.2) is 16.9 Å². The van der Waals surface area contributed by atoms with Crippen LogP contribution >= 0.6 is 0 Å². The number of anilines is 1. The maximum atomic E-state index is 5.18. The van der Waals surface area contributed by atoms with Crippen LogP contribution in [0.4, 0.5) is 5.82 Å². The number of aromatic nitrogens is 4. The van der Waals surface area contributed by atoms with Gasteiger partial charge in [-0.1, -0.05) is 5.16 Å². The Balaban J connectivity index is 1.83. The molecule has 0 saturated heterocycles. The molecule has 6 nitrogen and oxygen atoms in total. The van der Waals surface area contributed by atoms with Crippen molar-refractivity contribution in [2.75, 3.05) is 5.32 Å². The van der Waals surface area contributed by atoms with Crippen LogP contribution < -0.4 is 5.32 Å². The highest BCUT2D eigenvalue weighted by Gasteiger charge is 2.09. The number of hydrogen-bond donors (Lipinski definition) is 1. The van der Waals surface area contributed by atoms with Gasteiger partial charge in [-0.2, -0.15) is 5.10 Å². The Morgan fingerprint density at radius 3 is 3.11 bits per heavy atom. The largest absolute Gasteiger partial charge is 0.361 e. The smallest absolute Gasteiger partial charge is 0.196 e. The summed E-state index contributed by atoms with van der Waals surface area (Å²) in [5.41, 5.74) is 3.69. The number of aryl methyl sites for hydroxylation is 1. The zero-order valence-electron chi connectivity index (χ0n) is 10.2. The average molecular weight is 243 g/mol. The Morgan fingerprint density at radius 2 is 2.33 bits per heavy atom. The highest BCUT2D eigenvalue weighted by molar-refractivity contribution is 5.83. The summed E-state index contributed by atoms with van der Waals surface area (Å²) in [6, 6.07) is 3.67. The number of nitrogens with one attached hydrogen (secondary N) is 1. The molecule has 1 N–H and O–H groups in total. The summed E-state index contributed by atoms with van der Waals surface area (Å²) in [6.45, 7) is 2.68. The van der Waals surface area contributed by atoms with Crippen molar-refractivity contribution in [2.45, 2.75) is 13.5 Å². The van der Waals surface area contributed by atoms with E-state index in [4.69, 9.17) is 4.52 Å². The van der Waals surface area contributed by atoms with Gasteiger partial charge in [0.1, 0.15) is 0 Å². The first kappa shape index (κ1) is 10.8. The molecule has 3 rings (SSSR count). The minimum Gasteiger partial charge on any atom is -0.361 e. The molecule has 0 amide bonds. The van der Waals surface area contributed by atoms with Crippen molar-refractivity contribution in [2.24, 2.45) is 7.05 Å². The Morgan fingerprint density at radius 1 is 1.44 bits per heavy atom. The van der Waals surface area contributed by atoms with Crippen LogP contribution in [-0.2, 0) is 13.6 Å². The Hall–Kier alpha value is -2.37. The fraction of sp³-hybridized carbons (Fsp3) is 0.250. The van der Waals surface area contributed by atoms with Crippen molar-refractivity contribution >= 4 is 16.9 Å². The molecular weight excluding hydrogens is 230 g/mol. The molecule has 18 heavy (non-hydrogen) atoms. The lowest BCUT2D eigenvalue weighted by atomic mass is 10.2. The van der Waals surface area contributed by atoms with Gasteiger partial charge in [-0.15, -0.1) is 0 Å². The van der Waals surface area contributed by atoms with Gasteiger partial charge < -0.3 is 9.84 Å². The summed E-state index contributed by atoms with van der Waals surface area (Å²) in [5.74, 6) is 0.661. The Bertz CT molecular complexity index is 685. The van der Waals surface area contributed by atoms with Crippen LogP contribution in [0.2, 0.25) is 0 Å². The third-order valence-electron chi connectivity index (χ3n) is 3.01. The van der Waals surface area contributed by atoms with E-state index in [-0.39, 0.29) is 0 Å². The van der Waals surface area contributed by atoms with Crippen molar-refractivity contribution in [1.29, 1.82) is 0 Å². The highest BCUT2D eigenvalue weighted by atomic mass is 16.5. The van der Waals surface area contributed by atoms with Gasteiger partial charge in [0.2, 0.25) is 0 Å². The van der Waals surface area contributed by atoms with Gasteiger partial charge in [-0.3, -0.25) is 4.68 Å². The van der Waals surface area contributed by atoms with E-state index in [0.29, 0.717) is 17.9 Å². The van der Waals surface area contributed by atoms with Crippen LogP contribution in [-0.4, -0.2) is 19.9 Å². The highest BCUT2D eigenvalue weighted by Crippen LogP contribution is 2.20. The molecule has 0 spiro atoms. The molecule has 0 bridgehead atoms. The number of pyridine rings is 1. The summed E-state index contributed by atoms with van der Waals surface area (Å²) in [5, 5.41) is 11.4. The Labute approximate surface area is 104 Å². The maximum absolute atomic E-state index is 5.18. The summed E-state index contributed by atoms with van der Waals surface area (Å²) in [7, 11) is 1.92. The van der Waals surface area contributed by atoms with E-state index in [9.17, 15) is 0 Å². The van der Waals surface area contributed by atoms with Crippen LogP contribution in [0.15, 0.2) is 29.0 Å². The molecule has 0 atom stereocenters. The lowest BCUT2D eigenvalue weighted by Crippen LogP contribution is -2.02. The second kappa shape index (κ2) is 4.14. The van der Waals surface area contributed by atoms with Crippen LogP contribution in [0.25, 0.3) is 11.1 Å². The monoisotopic (exact) mass is 243 g/mol. The number of rotatable bonds is 3. The first-order chi connectivity index (χ1) is 8.75. The number of nitrogens with zero attached hydrogens (tertiary/aromatic N) is 4. The summed E-state index contributed by atoms with van der Waals surface area (Å²) < 4.78 is 7.02. The minimum absolute atomic E-state index is 0.651. The van der Waals surface area contributed by atoms with Crippen molar-refractivity contribution in [3.05, 3.63) is 35.8 Å². The van der Waals surface area contributed by atoms with Gasteiger partial charge in [0, 0.05) is 31.0 Å². The molecule has 92 valence electrons. The van der Waals surface area contributed by atoms with Gasteiger partial charge in [0.05, 0.1) is 6.20 Å². The minimum atomic E-state index is 0.651. The molecule has 3 heterocycles. The molecule has 3 aromatic heterocycles. The number of hydrogen-bond acceptors (Lipinski definition) is 5. The Kier molecular flexibility index (Phi) is 2.47. The van der Waals surface area contributed by atoms with Crippen LogP contribution in [0.5, 0.6) is 0 Å². The molecule has 3 aromatic rings. The topological polar surface area (TPSA) is 68.8 Å². The number of fused-ring (bicyclic) bond motifs is 1. The average Bonchev–Trinajstić information content (AvgIpc) is 2.94. The molecule has 0 aliphatic carbocycles. The van der Waals surface area contributed by atoms with Crippen LogP contribution in [0, 0.1) is 6.92 Å². The van der Waals surface area contributed by atoms with Crippen LogP contribution in [0.1, 0.15) is 11.3 Å². The zero-order chi connectivity index (χ0) is 12.5. The molecule has 0 aliphatic rings. The quantitative estimate of drug-likeness (QED) is 0.760. The molecule has 0 fully saturated rings. The standard InChI is InChI=1S/C12H13N5O/c1-8-9(7-15-17(8)2)6-14-12-11-10(18-16-12)4-3-5-13-11/h3-5,7H,6H2,1-2H3,(H,14,16). The molecule has 0 unspecified atom stereocenters. The second-order valence-electron chi connectivity index (χ2n) is 4.11. The molecule has 6 heteroatoms. The SMILES string of the molecule is Cc1c(CNc2noc3cccnc23)cnn1C. The van der Waals surface area contributed by atoms with Crippen molar-refractivity contribution in [3.63, 3.8) is 0 Å². The van der Waals surface area contributed by atoms with E-state index < -0.39 is 0 Å². The lowest BCUT2D eigenvalue weighted by Gasteiger charge is -2.02. The first-order valence-electron chi connectivity index (χ1n) is 5.67. The van der Waals surface area contributed by atoms with E-state index in [1.165, 1.54) is 0 Å². The summed E-state index contributed by atoms with van der Waals surface area (Å²) in [6.07, 6.45) is 3.57. The molecule has 0 aliphatic heterocycles. The maximum Gasteiger partial charge on any atom is 0.196 e. The van der Waals surface area contributed by atoms with Gasteiger partial charge in [-0.25, -0.2) is 4.98 Å². The van der Waals surface area contributed by atoms with Gasteiger partial charge in [0.25, 0.3) is 0 Å². The third kappa shape index (κ3) is 1.71. The van der Waals surface area contributed by atoms with E-state index >= 15 is 0 Å². The van der Waals surface area contributed by atoms with Gasteiger partial charge in [-0.05, 0) is 19.1 Å². The van der Waals surface area contributed by atoms with E-state index in [0.717, 1.165) is 16.8 Å². The summed E-state index contributed by atoms with van der Waals surface area (Å²) in [4.78, 5) is 4.24. The van der Waals surface area contributed by atoms with E-state index in [2.05, 4.69) is 20.6 Å². The summed E-state index contributed by atoms with van der Waals surface area (Å²) >= 11 is 0. The predicted molar refractivity (Wildman–Crippen MR) is 67.1 cm³/mol. The lowest BCUT2D eigenvalue weighted by molar-refractivity contribution is 0.459. The fourth-order valence-electron chi connectivity index (χ4n) is 1.79. The normalized spacial score (nSPS) is 11.0. The molecule has 0 radical (unpaired) electrons. The second-order valence-corrected chi connectivity index (χ2v) is 4.11. The van der Waals surface area contributed by atoms with Gasteiger partial charge >= 0.3 is 0 Å². The van der Waals surface area contributed by atoms with Crippen molar-refractivity contribution < 1.29 is 4.52 Å². The zero-order valence-corrected chi connectivity index (χ0v) is 10.2. The van der Waals surface area contributed by atoms with E-state index in [1.54, 1.807) is 6.20 Å². The third-order valence-corrected chi connectivity index (χ3v) is 3.01. The first-order valence-corrected chi connectivity index (χ1v) is 5.67.